The number of rotatable bonds is 3. The summed E-state index contributed by atoms with van der Waals surface area (Å²) in [6.45, 7) is 3.72. The van der Waals surface area contributed by atoms with Gasteiger partial charge in [-0.05, 0) is 25.0 Å². The highest BCUT2D eigenvalue weighted by atomic mass is 79.9. The highest BCUT2D eigenvalue weighted by molar-refractivity contribution is 9.10. The summed E-state index contributed by atoms with van der Waals surface area (Å²) < 4.78 is 0.828. The van der Waals surface area contributed by atoms with Gasteiger partial charge in [0.15, 0.2) is 5.78 Å². The van der Waals surface area contributed by atoms with Gasteiger partial charge >= 0.3 is 0 Å². The van der Waals surface area contributed by atoms with E-state index in [2.05, 4.69) is 15.9 Å². The Morgan fingerprint density at radius 2 is 2.21 bits per heavy atom. The predicted octanol–water partition coefficient (Wildman–Crippen LogP) is 3.82. The van der Waals surface area contributed by atoms with Crippen LogP contribution in [0.5, 0.6) is 0 Å². The number of alkyl halides is 1. The molecule has 0 heterocycles. The van der Waals surface area contributed by atoms with Crippen molar-refractivity contribution in [3.8, 4) is 0 Å². The number of carbonyl (C=O) groups excluding carboxylic acids is 1. The third kappa shape index (κ3) is 2.37. The van der Waals surface area contributed by atoms with Crippen LogP contribution in [0.15, 0.2) is 22.7 Å². The Balaban J connectivity index is 3.23. The molecule has 0 aliphatic carbocycles. The maximum atomic E-state index is 11.8. The van der Waals surface area contributed by atoms with Gasteiger partial charge in [0.25, 0.3) is 0 Å². The van der Waals surface area contributed by atoms with Gasteiger partial charge in [-0.15, -0.1) is 11.6 Å². The molecule has 0 saturated carbocycles. The van der Waals surface area contributed by atoms with Crippen LogP contribution in [0, 0.1) is 0 Å². The van der Waals surface area contributed by atoms with Crippen molar-refractivity contribution in [2.24, 2.45) is 0 Å². The van der Waals surface area contributed by atoms with Crippen LogP contribution in [0.2, 0.25) is 0 Å². The molecule has 0 spiro atoms. The summed E-state index contributed by atoms with van der Waals surface area (Å²) in [5.41, 5.74) is 1.76. The Hall–Kier alpha value is -0.340. The Labute approximate surface area is 97.6 Å². The molecule has 1 nitrogen and oxygen atoms in total. The zero-order valence-electron chi connectivity index (χ0n) is 8.18. The third-order valence-corrected chi connectivity index (χ3v) is 2.95. The predicted molar refractivity (Wildman–Crippen MR) is 63.2 cm³/mol. The van der Waals surface area contributed by atoms with Crippen LogP contribution < -0.4 is 0 Å². The van der Waals surface area contributed by atoms with E-state index < -0.39 is 5.38 Å². The standard InChI is InChI=1S/C11H12BrClO/c1-3-8-5-4-6-9(12)10(8)11(14)7(2)13/h4-7H,3H2,1-2H3. The van der Waals surface area contributed by atoms with Gasteiger partial charge in [-0.25, -0.2) is 0 Å². The maximum Gasteiger partial charge on any atom is 0.181 e. The fraction of sp³-hybridized carbons (Fsp3) is 0.364. The highest BCUT2D eigenvalue weighted by Gasteiger charge is 2.18. The molecule has 0 fully saturated rings. The van der Waals surface area contributed by atoms with E-state index in [9.17, 15) is 4.79 Å². The minimum atomic E-state index is -0.473. The molecule has 0 bridgehead atoms. The molecule has 1 aromatic carbocycles. The van der Waals surface area contributed by atoms with Gasteiger partial charge in [-0.2, -0.15) is 0 Å². The van der Waals surface area contributed by atoms with E-state index in [0.717, 1.165) is 22.0 Å². The second kappa shape index (κ2) is 4.94. The first kappa shape index (κ1) is 11.7. The molecule has 0 aromatic heterocycles. The Morgan fingerprint density at radius 1 is 1.57 bits per heavy atom. The van der Waals surface area contributed by atoms with Crippen molar-refractivity contribution in [2.75, 3.05) is 0 Å². The molecule has 1 rings (SSSR count). The van der Waals surface area contributed by atoms with E-state index in [1.807, 2.05) is 25.1 Å². The molecule has 1 aromatic rings. The lowest BCUT2D eigenvalue weighted by Crippen LogP contribution is -2.13. The second-order valence-electron chi connectivity index (χ2n) is 3.11. The Morgan fingerprint density at radius 3 is 2.71 bits per heavy atom. The quantitative estimate of drug-likeness (QED) is 0.605. The average molecular weight is 276 g/mol. The first-order valence-corrected chi connectivity index (χ1v) is 5.76. The number of aryl methyl sites for hydroxylation is 1. The van der Waals surface area contributed by atoms with Crippen molar-refractivity contribution < 1.29 is 4.79 Å². The molecule has 0 radical (unpaired) electrons. The number of halogens is 2. The molecule has 1 atom stereocenters. The highest BCUT2D eigenvalue weighted by Crippen LogP contribution is 2.23. The van der Waals surface area contributed by atoms with Crippen LogP contribution in [0.25, 0.3) is 0 Å². The van der Waals surface area contributed by atoms with Crippen LogP contribution in [0.3, 0.4) is 0 Å². The fourth-order valence-corrected chi connectivity index (χ4v) is 2.05. The van der Waals surface area contributed by atoms with Crippen LogP contribution in [0.1, 0.15) is 29.8 Å². The lowest BCUT2D eigenvalue weighted by molar-refractivity contribution is 0.0990. The number of Topliss-reactive ketones (excluding diaryl/α,β-unsaturated/α-hetero) is 1. The van der Waals surface area contributed by atoms with Crippen molar-refractivity contribution in [1.29, 1.82) is 0 Å². The van der Waals surface area contributed by atoms with Gasteiger partial charge in [0.2, 0.25) is 0 Å². The number of ketones is 1. The summed E-state index contributed by atoms with van der Waals surface area (Å²) in [6, 6.07) is 5.75. The molecule has 3 heteroatoms. The summed E-state index contributed by atoms with van der Waals surface area (Å²) in [6.07, 6.45) is 0.837. The number of hydrogen-bond donors (Lipinski definition) is 0. The topological polar surface area (TPSA) is 17.1 Å². The summed E-state index contributed by atoms with van der Waals surface area (Å²) in [5.74, 6) is -0.0176. The largest absolute Gasteiger partial charge is 0.292 e. The molecule has 1 unspecified atom stereocenters. The van der Waals surface area contributed by atoms with Crippen molar-refractivity contribution in [3.05, 3.63) is 33.8 Å². The number of carbonyl (C=O) groups is 1. The zero-order valence-corrected chi connectivity index (χ0v) is 10.5. The molecule has 0 N–H and O–H groups in total. The van der Waals surface area contributed by atoms with Crippen LogP contribution in [0.4, 0.5) is 0 Å². The van der Waals surface area contributed by atoms with Crippen molar-refractivity contribution in [1.82, 2.24) is 0 Å². The SMILES string of the molecule is CCc1cccc(Br)c1C(=O)C(C)Cl. The zero-order chi connectivity index (χ0) is 10.7. The Bertz CT molecular complexity index is 347. The average Bonchev–Trinajstić information content (AvgIpc) is 2.16. The molecule has 0 aliphatic rings. The van der Waals surface area contributed by atoms with Gasteiger partial charge < -0.3 is 0 Å². The summed E-state index contributed by atoms with van der Waals surface area (Å²) in [4.78, 5) is 11.8. The molecule has 14 heavy (non-hydrogen) atoms. The van der Waals surface area contributed by atoms with Gasteiger partial charge in [0.05, 0.1) is 5.38 Å². The van der Waals surface area contributed by atoms with E-state index in [-0.39, 0.29) is 5.78 Å². The van der Waals surface area contributed by atoms with E-state index in [1.54, 1.807) is 6.92 Å². The summed E-state index contributed by atoms with van der Waals surface area (Å²) in [7, 11) is 0. The molecule has 0 amide bonds. The molecule has 0 aliphatic heterocycles. The van der Waals surface area contributed by atoms with Crippen LogP contribution in [-0.4, -0.2) is 11.2 Å². The molecule has 76 valence electrons. The molecular formula is C11H12BrClO. The van der Waals surface area contributed by atoms with Crippen LogP contribution in [-0.2, 0) is 6.42 Å². The first-order valence-electron chi connectivity index (χ1n) is 4.53. The maximum absolute atomic E-state index is 11.8. The monoisotopic (exact) mass is 274 g/mol. The van der Waals surface area contributed by atoms with Gasteiger partial charge in [0, 0.05) is 10.0 Å². The first-order chi connectivity index (χ1) is 6.57. The number of hydrogen-bond acceptors (Lipinski definition) is 1. The smallest absolute Gasteiger partial charge is 0.181 e. The number of benzene rings is 1. The lowest BCUT2D eigenvalue weighted by Gasteiger charge is -2.10. The minimum Gasteiger partial charge on any atom is -0.292 e. The normalized spacial score (nSPS) is 12.6. The molecule has 0 saturated heterocycles. The van der Waals surface area contributed by atoms with E-state index in [4.69, 9.17) is 11.6 Å². The van der Waals surface area contributed by atoms with E-state index in [1.165, 1.54) is 0 Å². The van der Waals surface area contributed by atoms with E-state index in [0.29, 0.717) is 0 Å². The van der Waals surface area contributed by atoms with Crippen molar-refractivity contribution >= 4 is 33.3 Å². The van der Waals surface area contributed by atoms with Gasteiger partial charge in [-0.3, -0.25) is 4.79 Å². The van der Waals surface area contributed by atoms with E-state index >= 15 is 0 Å². The lowest BCUT2D eigenvalue weighted by atomic mass is 10.0. The summed E-state index contributed by atoms with van der Waals surface area (Å²) >= 11 is 9.17. The summed E-state index contributed by atoms with van der Waals surface area (Å²) in [5, 5.41) is -0.473. The Kier molecular flexibility index (Phi) is 4.14. The van der Waals surface area contributed by atoms with Gasteiger partial charge in [0.1, 0.15) is 0 Å². The van der Waals surface area contributed by atoms with Crippen molar-refractivity contribution in [3.63, 3.8) is 0 Å². The second-order valence-corrected chi connectivity index (χ2v) is 4.62. The van der Waals surface area contributed by atoms with Crippen molar-refractivity contribution in [2.45, 2.75) is 25.6 Å². The van der Waals surface area contributed by atoms with Crippen LogP contribution >= 0.6 is 27.5 Å². The third-order valence-electron chi connectivity index (χ3n) is 2.09. The minimum absolute atomic E-state index is 0.0176. The van der Waals surface area contributed by atoms with Gasteiger partial charge in [-0.1, -0.05) is 35.0 Å². The molecular weight excluding hydrogens is 263 g/mol. The fourth-order valence-electron chi connectivity index (χ4n) is 1.34.